The molecule has 0 aliphatic carbocycles. The van der Waals surface area contributed by atoms with Gasteiger partial charge in [-0.25, -0.2) is 0 Å². The van der Waals surface area contributed by atoms with Crippen LogP contribution in [0.2, 0.25) is 0 Å². The number of fused-ring (bicyclic) bond motifs is 1. The third kappa shape index (κ3) is 3.94. The van der Waals surface area contributed by atoms with Crippen LogP contribution in [-0.2, 0) is 4.79 Å². The highest BCUT2D eigenvalue weighted by Gasteiger charge is 2.18. The number of H-pyrrole nitrogens is 1. The van der Waals surface area contributed by atoms with Gasteiger partial charge in [0.2, 0.25) is 0 Å². The van der Waals surface area contributed by atoms with E-state index >= 15 is 0 Å². The zero-order valence-electron chi connectivity index (χ0n) is 15.3. The molecule has 0 spiro atoms. The molecule has 5 heteroatoms. The van der Waals surface area contributed by atoms with Crippen molar-refractivity contribution in [1.82, 2.24) is 4.98 Å². The van der Waals surface area contributed by atoms with E-state index in [2.05, 4.69) is 4.98 Å². The molecule has 1 heterocycles. The fourth-order valence-corrected chi connectivity index (χ4v) is 3.36. The number of carbonyl (C=O) groups is 1. The van der Waals surface area contributed by atoms with Crippen LogP contribution in [-0.4, -0.2) is 17.9 Å². The highest BCUT2D eigenvalue weighted by molar-refractivity contribution is 7.07. The Hall–Kier alpha value is -2.66. The molecule has 3 aromatic rings. The van der Waals surface area contributed by atoms with Crippen molar-refractivity contribution in [3.8, 4) is 5.75 Å². The van der Waals surface area contributed by atoms with Gasteiger partial charge < -0.3 is 9.72 Å². The maximum atomic E-state index is 12.2. The summed E-state index contributed by atoms with van der Waals surface area (Å²) in [5, 5.41) is 2.15. The van der Waals surface area contributed by atoms with Gasteiger partial charge in [-0.1, -0.05) is 39.0 Å². The van der Waals surface area contributed by atoms with Crippen molar-refractivity contribution >= 4 is 40.0 Å². The number of ether oxygens (including phenoxy) is 1. The van der Waals surface area contributed by atoms with Crippen molar-refractivity contribution in [1.29, 1.82) is 0 Å². The Morgan fingerprint density at radius 1 is 1.12 bits per heavy atom. The van der Waals surface area contributed by atoms with E-state index in [9.17, 15) is 9.59 Å². The van der Waals surface area contributed by atoms with E-state index in [1.165, 1.54) is 17.4 Å². The first-order chi connectivity index (χ1) is 12.3. The van der Waals surface area contributed by atoms with Gasteiger partial charge in [-0.3, -0.25) is 9.59 Å². The van der Waals surface area contributed by atoms with Crippen LogP contribution in [0.15, 0.2) is 41.2 Å². The smallest absolute Gasteiger partial charge is 0.266 e. The first-order valence-corrected chi connectivity index (χ1v) is 9.13. The molecule has 0 fully saturated rings. The van der Waals surface area contributed by atoms with E-state index in [0.29, 0.717) is 9.20 Å². The lowest BCUT2D eigenvalue weighted by Crippen LogP contribution is -2.22. The standard InChI is InChI=1S/C21H21NO3S/c1-21(2,3)18(23)12-19-22-20(24)17(26-19)10-13-5-6-15-11-16(25-4)8-7-14(15)9-13/h5-12H,1-4H3,(H,22,24)/b17-10+,19-12+. The summed E-state index contributed by atoms with van der Waals surface area (Å²) in [7, 11) is 1.64. The topological polar surface area (TPSA) is 59.2 Å². The molecule has 0 unspecified atom stereocenters. The summed E-state index contributed by atoms with van der Waals surface area (Å²) in [6, 6.07) is 11.9. The Balaban J connectivity index is 2.03. The Bertz CT molecular complexity index is 1150. The van der Waals surface area contributed by atoms with E-state index in [-0.39, 0.29) is 11.3 Å². The monoisotopic (exact) mass is 367 g/mol. The predicted molar refractivity (Wildman–Crippen MR) is 107 cm³/mol. The maximum Gasteiger partial charge on any atom is 0.266 e. The zero-order chi connectivity index (χ0) is 18.9. The fraction of sp³-hybridized carbons (Fsp3) is 0.238. The van der Waals surface area contributed by atoms with E-state index in [0.717, 1.165) is 22.1 Å². The average Bonchev–Trinajstić information content (AvgIpc) is 2.92. The molecule has 0 saturated carbocycles. The molecule has 0 aliphatic rings. The van der Waals surface area contributed by atoms with Gasteiger partial charge in [-0.15, -0.1) is 11.3 Å². The molecule has 0 bridgehead atoms. The molecule has 0 saturated heterocycles. The normalized spacial score (nSPS) is 13.4. The average molecular weight is 367 g/mol. The van der Waals surface area contributed by atoms with Crippen LogP contribution in [0, 0.1) is 5.41 Å². The molecule has 0 atom stereocenters. The minimum Gasteiger partial charge on any atom is -0.497 e. The second-order valence-electron chi connectivity index (χ2n) is 7.16. The highest BCUT2D eigenvalue weighted by atomic mass is 32.1. The van der Waals surface area contributed by atoms with Gasteiger partial charge in [-0.2, -0.15) is 0 Å². The second-order valence-corrected chi connectivity index (χ2v) is 8.24. The molecule has 1 N–H and O–H groups in total. The van der Waals surface area contributed by atoms with E-state index in [1.54, 1.807) is 7.11 Å². The summed E-state index contributed by atoms with van der Waals surface area (Å²) in [6.45, 7) is 5.57. The first kappa shape index (κ1) is 18.1. The van der Waals surface area contributed by atoms with Crippen LogP contribution < -0.4 is 19.5 Å². The number of Topliss-reactive ketones (excluding diaryl/α,β-unsaturated/α-hetero) is 1. The zero-order valence-corrected chi connectivity index (χ0v) is 16.1. The minimum atomic E-state index is -0.468. The van der Waals surface area contributed by atoms with Gasteiger partial charge >= 0.3 is 0 Å². The Kier molecular flexibility index (Phi) is 4.83. The van der Waals surface area contributed by atoms with E-state index < -0.39 is 5.41 Å². The van der Waals surface area contributed by atoms with Crippen molar-refractivity contribution in [3.63, 3.8) is 0 Å². The van der Waals surface area contributed by atoms with Crippen molar-refractivity contribution in [2.75, 3.05) is 7.11 Å². The Morgan fingerprint density at radius 3 is 2.50 bits per heavy atom. The minimum absolute atomic E-state index is 0.0128. The number of ketones is 1. The fourth-order valence-electron chi connectivity index (χ4n) is 2.47. The number of aromatic nitrogens is 1. The molecule has 134 valence electrons. The van der Waals surface area contributed by atoms with Gasteiger partial charge in [0.05, 0.1) is 16.3 Å². The predicted octanol–water partition coefficient (Wildman–Crippen LogP) is 2.82. The molecule has 0 radical (unpaired) electrons. The lowest BCUT2D eigenvalue weighted by atomic mass is 9.91. The van der Waals surface area contributed by atoms with E-state index in [4.69, 9.17) is 4.74 Å². The number of benzene rings is 2. The number of hydrogen-bond acceptors (Lipinski definition) is 4. The van der Waals surface area contributed by atoms with Crippen LogP contribution in [0.5, 0.6) is 5.75 Å². The molecule has 1 aromatic heterocycles. The maximum absolute atomic E-state index is 12.2. The number of rotatable bonds is 3. The molecule has 3 rings (SSSR count). The van der Waals surface area contributed by atoms with Gasteiger partial charge in [-0.05, 0) is 40.6 Å². The molecule has 26 heavy (non-hydrogen) atoms. The molecule has 0 aliphatic heterocycles. The van der Waals surface area contributed by atoms with Crippen LogP contribution in [0.4, 0.5) is 0 Å². The number of methoxy groups -OCH3 is 1. The number of carbonyl (C=O) groups excluding carboxylic acids is 1. The summed E-state index contributed by atoms with van der Waals surface area (Å²) in [5.41, 5.74) is 0.283. The Labute approximate surface area is 155 Å². The third-order valence-corrected chi connectivity index (χ3v) is 5.01. The summed E-state index contributed by atoms with van der Waals surface area (Å²) in [5.74, 6) is 0.800. The molecular formula is C21H21NO3S. The quantitative estimate of drug-likeness (QED) is 0.774. The van der Waals surface area contributed by atoms with E-state index in [1.807, 2.05) is 63.2 Å². The van der Waals surface area contributed by atoms with Gasteiger partial charge in [0.15, 0.2) is 5.78 Å². The molecule has 2 aromatic carbocycles. The highest BCUT2D eigenvalue weighted by Crippen LogP contribution is 2.22. The van der Waals surface area contributed by atoms with Crippen molar-refractivity contribution in [2.45, 2.75) is 20.8 Å². The number of hydrogen-bond donors (Lipinski definition) is 1. The van der Waals surface area contributed by atoms with Crippen molar-refractivity contribution in [2.24, 2.45) is 5.41 Å². The lowest BCUT2D eigenvalue weighted by molar-refractivity contribution is -0.119. The summed E-state index contributed by atoms with van der Waals surface area (Å²) < 4.78 is 6.39. The third-order valence-electron chi connectivity index (χ3n) is 4.05. The SMILES string of the molecule is COc1ccc2cc(/C=c3/s/c(=C/C(=O)C(C)(C)C)[nH]c3=O)ccc2c1. The lowest BCUT2D eigenvalue weighted by Gasteiger charge is -2.12. The molecule has 0 amide bonds. The van der Waals surface area contributed by atoms with Crippen LogP contribution in [0.25, 0.3) is 22.9 Å². The number of nitrogens with one attached hydrogen (secondary N) is 1. The van der Waals surface area contributed by atoms with Crippen molar-refractivity contribution in [3.05, 3.63) is 61.5 Å². The van der Waals surface area contributed by atoms with Gasteiger partial charge in [0.25, 0.3) is 5.56 Å². The summed E-state index contributed by atoms with van der Waals surface area (Å²) in [6.07, 6.45) is 3.35. The first-order valence-electron chi connectivity index (χ1n) is 8.31. The van der Waals surface area contributed by atoms with Crippen LogP contribution >= 0.6 is 11.3 Å². The van der Waals surface area contributed by atoms with Crippen LogP contribution in [0.1, 0.15) is 26.3 Å². The van der Waals surface area contributed by atoms with Crippen molar-refractivity contribution < 1.29 is 9.53 Å². The van der Waals surface area contributed by atoms with Gasteiger partial charge in [0, 0.05) is 11.5 Å². The summed E-state index contributed by atoms with van der Waals surface area (Å²) in [4.78, 5) is 27.1. The Morgan fingerprint density at radius 2 is 1.81 bits per heavy atom. The number of thiazole rings is 1. The summed E-state index contributed by atoms with van der Waals surface area (Å²) >= 11 is 1.29. The number of aromatic amines is 1. The van der Waals surface area contributed by atoms with Crippen LogP contribution in [0.3, 0.4) is 0 Å². The van der Waals surface area contributed by atoms with Gasteiger partial charge in [0.1, 0.15) is 5.75 Å². The molecule has 4 nitrogen and oxygen atoms in total. The largest absolute Gasteiger partial charge is 0.497 e. The second kappa shape index (κ2) is 6.92. The molecular weight excluding hydrogens is 346 g/mol.